The van der Waals surface area contributed by atoms with E-state index in [0.717, 1.165) is 17.1 Å². The Balaban J connectivity index is 1.80. The van der Waals surface area contributed by atoms with Crippen LogP contribution in [0.5, 0.6) is 0 Å². The molecule has 0 amide bonds. The van der Waals surface area contributed by atoms with Crippen molar-refractivity contribution in [3.05, 3.63) is 34.4 Å². The summed E-state index contributed by atoms with van der Waals surface area (Å²) in [5.74, 6) is 0. The van der Waals surface area contributed by atoms with Crippen molar-refractivity contribution in [2.75, 3.05) is 0 Å². The summed E-state index contributed by atoms with van der Waals surface area (Å²) in [5.41, 5.74) is 2.58. The number of hydrogen-bond acceptors (Lipinski definition) is 1. The maximum Gasteiger partial charge on any atom is 0.0468 e. The summed E-state index contributed by atoms with van der Waals surface area (Å²) in [4.78, 5) is 3.32. The first kappa shape index (κ1) is 10.4. The molecule has 1 aliphatic carbocycles. The van der Waals surface area contributed by atoms with Crippen LogP contribution in [0.4, 0.5) is 0 Å². The van der Waals surface area contributed by atoms with Gasteiger partial charge in [0.25, 0.3) is 0 Å². The minimum absolute atomic E-state index is 0.750. The van der Waals surface area contributed by atoms with Crippen molar-refractivity contribution >= 4 is 26.8 Å². The lowest BCUT2D eigenvalue weighted by Crippen LogP contribution is -2.34. The summed E-state index contributed by atoms with van der Waals surface area (Å²) >= 11 is 3.49. The van der Waals surface area contributed by atoms with Crippen molar-refractivity contribution in [2.45, 2.75) is 31.8 Å². The minimum Gasteiger partial charge on any atom is -0.361 e. The Morgan fingerprint density at radius 3 is 3.00 bits per heavy atom. The minimum atomic E-state index is 0.750. The fraction of sp³-hybridized carbons (Fsp3) is 0.385. The Labute approximate surface area is 104 Å². The highest BCUT2D eigenvalue weighted by atomic mass is 79.9. The van der Waals surface area contributed by atoms with Gasteiger partial charge < -0.3 is 10.3 Å². The first-order valence-corrected chi connectivity index (χ1v) is 6.61. The van der Waals surface area contributed by atoms with Crippen LogP contribution in [0.15, 0.2) is 28.9 Å². The number of nitrogens with one attached hydrogen (secondary N) is 2. The standard InChI is InChI=1S/C13H15BrN2/c14-10-4-5-12-9(8-16-13(12)6-10)7-15-11-2-1-3-11/h4-6,8,11,15-16H,1-3,7H2. The molecule has 3 rings (SSSR count). The third kappa shape index (κ3) is 1.89. The number of fused-ring (bicyclic) bond motifs is 1. The van der Waals surface area contributed by atoms with Crippen molar-refractivity contribution in [2.24, 2.45) is 0 Å². The van der Waals surface area contributed by atoms with Crippen LogP contribution >= 0.6 is 15.9 Å². The third-order valence-corrected chi connectivity index (χ3v) is 3.91. The Morgan fingerprint density at radius 1 is 1.38 bits per heavy atom. The summed E-state index contributed by atoms with van der Waals surface area (Å²) in [6.07, 6.45) is 6.18. The van der Waals surface area contributed by atoms with E-state index in [1.165, 1.54) is 35.7 Å². The molecule has 84 valence electrons. The lowest BCUT2D eigenvalue weighted by atomic mass is 9.93. The van der Waals surface area contributed by atoms with Gasteiger partial charge in [0, 0.05) is 34.2 Å². The fourth-order valence-electron chi connectivity index (χ4n) is 2.17. The van der Waals surface area contributed by atoms with E-state index in [2.05, 4.69) is 50.6 Å². The Kier molecular flexibility index (Phi) is 2.74. The Morgan fingerprint density at radius 2 is 2.25 bits per heavy atom. The number of benzene rings is 1. The lowest BCUT2D eigenvalue weighted by molar-refractivity contribution is 0.338. The van der Waals surface area contributed by atoms with Crippen LogP contribution in [0.3, 0.4) is 0 Å². The molecule has 0 atom stereocenters. The molecule has 0 radical (unpaired) electrons. The van der Waals surface area contributed by atoms with Gasteiger partial charge in [0.15, 0.2) is 0 Å². The van der Waals surface area contributed by atoms with Crippen LogP contribution in [0.25, 0.3) is 10.9 Å². The molecule has 0 unspecified atom stereocenters. The second-order valence-corrected chi connectivity index (χ2v) is 5.43. The van der Waals surface area contributed by atoms with Crippen LogP contribution < -0.4 is 5.32 Å². The average molecular weight is 279 g/mol. The van der Waals surface area contributed by atoms with Crippen molar-refractivity contribution in [3.63, 3.8) is 0 Å². The molecule has 0 saturated heterocycles. The maximum atomic E-state index is 3.60. The summed E-state index contributed by atoms with van der Waals surface area (Å²) in [6, 6.07) is 7.15. The lowest BCUT2D eigenvalue weighted by Gasteiger charge is -2.26. The van der Waals surface area contributed by atoms with Crippen molar-refractivity contribution in [1.82, 2.24) is 10.3 Å². The molecule has 0 aliphatic heterocycles. The average Bonchev–Trinajstić information content (AvgIpc) is 2.58. The van der Waals surface area contributed by atoms with Gasteiger partial charge in [0.1, 0.15) is 0 Å². The number of aromatic amines is 1. The molecule has 3 heteroatoms. The maximum absolute atomic E-state index is 3.60. The second-order valence-electron chi connectivity index (χ2n) is 4.51. The predicted octanol–water partition coefficient (Wildman–Crippen LogP) is 3.57. The van der Waals surface area contributed by atoms with Gasteiger partial charge in [0.05, 0.1) is 0 Å². The molecule has 1 aromatic carbocycles. The van der Waals surface area contributed by atoms with Gasteiger partial charge >= 0.3 is 0 Å². The van der Waals surface area contributed by atoms with Gasteiger partial charge in [-0.3, -0.25) is 0 Å². The molecular formula is C13H15BrN2. The van der Waals surface area contributed by atoms with E-state index in [1.54, 1.807) is 0 Å². The molecule has 1 heterocycles. The number of aromatic nitrogens is 1. The molecule has 2 N–H and O–H groups in total. The van der Waals surface area contributed by atoms with Gasteiger partial charge in [0.2, 0.25) is 0 Å². The molecular weight excluding hydrogens is 264 g/mol. The van der Waals surface area contributed by atoms with E-state index in [1.807, 2.05) is 0 Å². The van der Waals surface area contributed by atoms with Crippen LogP contribution in [-0.4, -0.2) is 11.0 Å². The SMILES string of the molecule is Brc1ccc2c(CNC3CCC3)c[nH]c2c1. The summed E-state index contributed by atoms with van der Waals surface area (Å²) in [5, 5.41) is 4.93. The monoisotopic (exact) mass is 278 g/mol. The highest BCUT2D eigenvalue weighted by Crippen LogP contribution is 2.23. The molecule has 1 saturated carbocycles. The first-order chi connectivity index (χ1) is 7.83. The zero-order valence-corrected chi connectivity index (χ0v) is 10.7. The summed E-state index contributed by atoms with van der Waals surface area (Å²) < 4.78 is 1.13. The molecule has 0 spiro atoms. The smallest absolute Gasteiger partial charge is 0.0468 e. The summed E-state index contributed by atoms with van der Waals surface area (Å²) in [7, 11) is 0. The van der Waals surface area contributed by atoms with Gasteiger partial charge in [-0.05, 0) is 30.5 Å². The van der Waals surface area contributed by atoms with Gasteiger partial charge in [-0.2, -0.15) is 0 Å². The molecule has 1 fully saturated rings. The molecule has 2 aromatic rings. The Hall–Kier alpha value is -0.800. The third-order valence-electron chi connectivity index (χ3n) is 3.42. The van der Waals surface area contributed by atoms with E-state index < -0.39 is 0 Å². The molecule has 1 aliphatic rings. The van der Waals surface area contributed by atoms with E-state index in [-0.39, 0.29) is 0 Å². The zero-order valence-electron chi connectivity index (χ0n) is 9.09. The predicted molar refractivity (Wildman–Crippen MR) is 70.5 cm³/mol. The highest BCUT2D eigenvalue weighted by Gasteiger charge is 2.16. The summed E-state index contributed by atoms with van der Waals surface area (Å²) in [6.45, 7) is 0.978. The van der Waals surface area contributed by atoms with Gasteiger partial charge in [-0.1, -0.05) is 28.4 Å². The molecule has 0 bridgehead atoms. The Bertz CT molecular complexity index is 500. The van der Waals surface area contributed by atoms with E-state index in [9.17, 15) is 0 Å². The van der Waals surface area contributed by atoms with E-state index in [0.29, 0.717) is 0 Å². The highest BCUT2D eigenvalue weighted by molar-refractivity contribution is 9.10. The van der Waals surface area contributed by atoms with E-state index >= 15 is 0 Å². The normalized spacial score (nSPS) is 16.6. The quantitative estimate of drug-likeness (QED) is 0.883. The topological polar surface area (TPSA) is 27.8 Å². The number of H-pyrrole nitrogens is 1. The molecule has 2 nitrogen and oxygen atoms in total. The number of hydrogen-bond donors (Lipinski definition) is 2. The van der Waals surface area contributed by atoms with Crippen molar-refractivity contribution < 1.29 is 0 Å². The fourth-order valence-corrected chi connectivity index (χ4v) is 2.53. The van der Waals surface area contributed by atoms with Crippen molar-refractivity contribution in [3.8, 4) is 0 Å². The van der Waals surface area contributed by atoms with Crippen LogP contribution in [0, 0.1) is 0 Å². The molecule has 1 aromatic heterocycles. The van der Waals surface area contributed by atoms with E-state index in [4.69, 9.17) is 0 Å². The number of halogens is 1. The molecule has 16 heavy (non-hydrogen) atoms. The van der Waals surface area contributed by atoms with Gasteiger partial charge in [-0.15, -0.1) is 0 Å². The number of rotatable bonds is 3. The van der Waals surface area contributed by atoms with Crippen molar-refractivity contribution in [1.29, 1.82) is 0 Å². The van der Waals surface area contributed by atoms with Crippen LogP contribution in [-0.2, 0) is 6.54 Å². The largest absolute Gasteiger partial charge is 0.361 e. The van der Waals surface area contributed by atoms with Gasteiger partial charge in [-0.25, -0.2) is 0 Å². The zero-order chi connectivity index (χ0) is 11.0. The first-order valence-electron chi connectivity index (χ1n) is 5.82. The van der Waals surface area contributed by atoms with Crippen LogP contribution in [0.1, 0.15) is 24.8 Å². The second kappa shape index (κ2) is 4.22. The van der Waals surface area contributed by atoms with Crippen LogP contribution in [0.2, 0.25) is 0 Å².